The zero-order chi connectivity index (χ0) is 12.1. The van der Waals surface area contributed by atoms with E-state index in [1.807, 2.05) is 36.4 Å². The van der Waals surface area contributed by atoms with Gasteiger partial charge in [-0.05, 0) is 23.6 Å². The molecule has 0 aliphatic rings. The fourth-order valence-corrected chi connectivity index (χ4v) is 2.66. The second kappa shape index (κ2) is 3.47. The molecule has 0 fully saturated rings. The normalized spacial score (nSPS) is 11.6. The van der Waals surface area contributed by atoms with E-state index in [-0.39, 0.29) is 0 Å². The number of hydrogen-bond acceptors (Lipinski definition) is 2. The molecule has 2 aromatic carbocycles. The van der Waals surface area contributed by atoms with Gasteiger partial charge in [0.2, 0.25) is 0 Å². The summed E-state index contributed by atoms with van der Waals surface area (Å²) >= 11 is 6.42. The van der Waals surface area contributed by atoms with Gasteiger partial charge >= 0.3 is 0 Å². The van der Waals surface area contributed by atoms with Gasteiger partial charge in [0.15, 0.2) is 11.2 Å². The van der Waals surface area contributed by atoms with E-state index in [0.717, 1.165) is 27.3 Å². The van der Waals surface area contributed by atoms with Gasteiger partial charge in [0.25, 0.3) is 0 Å². The highest BCUT2D eigenvalue weighted by atomic mass is 35.5. The maximum absolute atomic E-state index is 6.42. The molecule has 4 aromatic rings. The summed E-state index contributed by atoms with van der Waals surface area (Å²) in [6.45, 7) is 0. The van der Waals surface area contributed by atoms with Crippen LogP contribution in [-0.4, -0.2) is 4.98 Å². The zero-order valence-electron chi connectivity index (χ0n) is 9.35. The fraction of sp³-hybridized carbons (Fsp3) is 0. The summed E-state index contributed by atoms with van der Waals surface area (Å²) in [6.07, 6.45) is 1.76. The highest BCUT2D eigenvalue weighted by Crippen LogP contribution is 2.37. The summed E-state index contributed by atoms with van der Waals surface area (Å²) in [5, 5.41) is 3.73. The Morgan fingerprint density at radius 3 is 2.83 bits per heavy atom. The minimum Gasteiger partial charge on any atom is -0.453 e. The number of nitrogens with zero attached hydrogens (tertiary/aromatic N) is 1. The Labute approximate surface area is 108 Å². The molecule has 0 aliphatic carbocycles. The van der Waals surface area contributed by atoms with Crippen LogP contribution in [0.15, 0.2) is 53.1 Å². The first-order valence-corrected chi connectivity index (χ1v) is 6.07. The largest absolute Gasteiger partial charge is 0.453 e. The molecular weight excluding hydrogens is 246 g/mol. The van der Waals surface area contributed by atoms with Crippen molar-refractivity contribution in [1.82, 2.24) is 4.98 Å². The monoisotopic (exact) mass is 253 g/mol. The summed E-state index contributed by atoms with van der Waals surface area (Å²) in [5.41, 5.74) is 2.34. The SMILES string of the molecule is Clc1c2ccccc2cc2c1oc1cccnc12. The van der Waals surface area contributed by atoms with E-state index in [2.05, 4.69) is 11.1 Å². The van der Waals surface area contributed by atoms with Gasteiger partial charge in [-0.15, -0.1) is 0 Å². The number of aromatic nitrogens is 1. The maximum Gasteiger partial charge on any atom is 0.156 e. The first-order valence-electron chi connectivity index (χ1n) is 5.69. The molecule has 0 radical (unpaired) electrons. The van der Waals surface area contributed by atoms with Crippen molar-refractivity contribution < 1.29 is 4.42 Å². The molecule has 4 rings (SSSR count). The Morgan fingerprint density at radius 2 is 1.89 bits per heavy atom. The molecule has 0 spiro atoms. The summed E-state index contributed by atoms with van der Waals surface area (Å²) < 4.78 is 5.80. The Hall–Kier alpha value is -2.06. The van der Waals surface area contributed by atoms with Crippen molar-refractivity contribution in [3.63, 3.8) is 0 Å². The Morgan fingerprint density at radius 1 is 1.00 bits per heavy atom. The molecule has 86 valence electrons. The molecule has 2 heterocycles. The second-order valence-electron chi connectivity index (χ2n) is 4.24. The van der Waals surface area contributed by atoms with Crippen molar-refractivity contribution in [3.05, 3.63) is 53.7 Å². The highest BCUT2D eigenvalue weighted by molar-refractivity contribution is 6.41. The van der Waals surface area contributed by atoms with Gasteiger partial charge in [0, 0.05) is 17.0 Å². The quantitative estimate of drug-likeness (QED) is 0.450. The van der Waals surface area contributed by atoms with Crippen molar-refractivity contribution in [2.75, 3.05) is 0 Å². The van der Waals surface area contributed by atoms with Gasteiger partial charge < -0.3 is 4.42 Å². The van der Waals surface area contributed by atoms with E-state index >= 15 is 0 Å². The fourth-order valence-electron chi connectivity index (χ4n) is 2.35. The number of furan rings is 1. The van der Waals surface area contributed by atoms with Crippen LogP contribution in [0.5, 0.6) is 0 Å². The Balaban J connectivity index is 2.33. The lowest BCUT2D eigenvalue weighted by molar-refractivity contribution is 0.669. The molecule has 0 atom stereocenters. The van der Waals surface area contributed by atoms with E-state index in [1.54, 1.807) is 6.20 Å². The van der Waals surface area contributed by atoms with Crippen LogP contribution in [0.4, 0.5) is 0 Å². The Kier molecular flexibility index (Phi) is 1.91. The van der Waals surface area contributed by atoms with Crippen molar-refractivity contribution in [2.45, 2.75) is 0 Å². The van der Waals surface area contributed by atoms with E-state index < -0.39 is 0 Å². The van der Waals surface area contributed by atoms with Gasteiger partial charge in [-0.25, -0.2) is 0 Å². The third-order valence-corrected chi connectivity index (χ3v) is 3.55. The molecule has 18 heavy (non-hydrogen) atoms. The lowest BCUT2D eigenvalue weighted by Gasteiger charge is -2.00. The number of hydrogen-bond donors (Lipinski definition) is 0. The molecule has 0 unspecified atom stereocenters. The van der Waals surface area contributed by atoms with E-state index in [0.29, 0.717) is 10.6 Å². The number of fused-ring (bicyclic) bond motifs is 4. The molecule has 2 aromatic heterocycles. The van der Waals surface area contributed by atoms with Crippen molar-refractivity contribution >= 4 is 44.4 Å². The molecule has 0 saturated heterocycles. The molecule has 0 bridgehead atoms. The molecule has 2 nitrogen and oxygen atoms in total. The average Bonchev–Trinajstić information content (AvgIpc) is 2.79. The van der Waals surface area contributed by atoms with Gasteiger partial charge in [-0.1, -0.05) is 35.9 Å². The minimum absolute atomic E-state index is 0.654. The molecule has 0 saturated carbocycles. The number of benzene rings is 2. The lowest BCUT2D eigenvalue weighted by Crippen LogP contribution is -1.76. The minimum atomic E-state index is 0.654. The first-order chi connectivity index (χ1) is 8.84. The van der Waals surface area contributed by atoms with Crippen LogP contribution in [0.3, 0.4) is 0 Å². The van der Waals surface area contributed by atoms with Crippen molar-refractivity contribution in [1.29, 1.82) is 0 Å². The zero-order valence-corrected chi connectivity index (χ0v) is 10.1. The van der Waals surface area contributed by atoms with Gasteiger partial charge in [0.1, 0.15) is 5.52 Å². The maximum atomic E-state index is 6.42. The van der Waals surface area contributed by atoms with Crippen LogP contribution in [0.1, 0.15) is 0 Å². The number of pyridine rings is 1. The predicted molar refractivity (Wildman–Crippen MR) is 74.0 cm³/mol. The number of rotatable bonds is 0. The standard InChI is InChI=1S/C15H8ClNO/c16-13-10-5-2-1-4-9(10)8-11-14-12(18-15(11)13)6-3-7-17-14/h1-8H. The summed E-state index contributed by atoms with van der Waals surface area (Å²) in [7, 11) is 0. The first kappa shape index (κ1) is 9.92. The third-order valence-electron chi connectivity index (χ3n) is 3.18. The topological polar surface area (TPSA) is 26.0 Å². The smallest absolute Gasteiger partial charge is 0.156 e. The van der Waals surface area contributed by atoms with Crippen LogP contribution in [-0.2, 0) is 0 Å². The van der Waals surface area contributed by atoms with Gasteiger partial charge in [-0.3, -0.25) is 4.98 Å². The van der Waals surface area contributed by atoms with Gasteiger partial charge in [-0.2, -0.15) is 0 Å². The van der Waals surface area contributed by atoms with E-state index in [4.69, 9.17) is 16.0 Å². The summed E-state index contributed by atoms with van der Waals surface area (Å²) in [5.74, 6) is 0. The van der Waals surface area contributed by atoms with Crippen LogP contribution in [0.2, 0.25) is 5.02 Å². The predicted octanol–water partition coefficient (Wildman–Crippen LogP) is 4.79. The third kappa shape index (κ3) is 1.21. The lowest BCUT2D eigenvalue weighted by atomic mass is 10.1. The average molecular weight is 254 g/mol. The molecule has 0 N–H and O–H groups in total. The van der Waals surface area contributed by atoms with Gasteiger partial charge in [0.05, 0.1) is 5.02 Å². The van der Waals surface area contributed by atoms with Crippen molar-refractivity contribution in [2.24, 2.45) is 0 Å². The molecule has 0 amide bonds. The molecule has 3 heteroatoms. The highest BCUT2D eigenvalue weighted by Gasteiger charge is 2.13. The van der Waals surface area contributed by atoms with E-state index in [1.165, 1.54) is 0 Å². The van der Waals surface area contributed by atoms with Crippen LogP contribution < -0.4 is 0 Å². The molecular formula is C15H8ClNO. The summed E-state index contributed by atoms with van der Waals surface area (Å²) in [4.78, 5) is 4.36. The second-order valence-corrected chi connectivity index (χ2v) is 4.62. The van der Waals surface area contributed by atoms with Crippen LogP contribution >= 0.6 is 11.6 Å². The van der Waals surface area contributed by atoms with Crippen molar-refractivity contribution in [3.8, 4) is 0 Å². The number of halogens is 1. The molecule has 0 aliphatic heterocycles. The van der Waals surface area contributed by atoms with Crippen LogP contribution in [0.25, 0.3) is 32.8 Å². The Bertz CT molecular complexity index is 895. The summed E-state index contributed by atoms with van der Waals surface area (Å²) in [6, 6.07) is 13.9. The van der Waals surface area contributed by atoms with E-state index in [9.17, 15) is 0 Å². The van der Waals surface area contributed by atoms with Crippen LogP contribution in [0, 0.1) is 0 Å².